The zero-order chi connectivity index (χ0) is 22.1. The summed E-state index contributed by atoms with van der Waals surface area (Å²) in [7, 11) is 0. The number of anilines is 3. The van der Waals surface area contributed by atoms with Crippen molar-refractivity contribution in [3.05, 3.63) is 52.7 Å². The first-order valence-electron chi connectivity index (χ1n) is 9.18. The Morgan fingerprint density at radius 3 is 2.65 bits per heavy atom. The molecule has 0 unspecified atom stereocenters. The number of aromatic nitrogens is 6. The lowest BCUT2D eigenvalue weighted by atomic mass is 10.1. The summed E-state index contributed by atoms with van der Waals surface area (Å²) in [5.41, 5.74) is 8.77. The highest BCUT2D eigenvalue weighted by Crippen LogP contribution is 2.28. The first-order valence-corrected chi connectivity index (χ1v) is 9.94. The van der Waals surface area contributed by atoms with Gasteiger partial charge in [0.15, 0.2) is 10.8 Å². The largest absolute Gasteiger partial charge is 0.368 e. The van der Waals surface area contributed by atoms with Gasteiger partial charge in [-0.15, -0.1) is 0 Å². The maximum absolute atomic E-state index is 12.6. The van der Waals surface area contributed by atoms with Crippen LogP contribution in [0.3, 0.4) is 0 Å². The minimum Gasteiger partial charge on any atom is -0.368 e. The van der Waals surface area contributed by atoms with Crippen molar-refractivity contribution in [1.29, 1.82) is 0 Å². The topological polar surface area (TPSA) is 136 Å². The molecule has 0 spiro atoms. The summed E-state index contributed by atoms with van der Waals surface area (Å²) in [6.07, 6.45) is 4.55. The molecule has 12 heteroatoms. The lowest BCUT2D eigenvalue weighted by molar-refractivity contribution is 0.262. The molecule has 31 heavy (non-hydrogen) atoms. The van der Waals surface area contributed by atoms with Gasteiger partial charge in [-0.25, -0.2) is 24.3 Å². The van der Waals surface area contributed by atoms with E-state index in [9.17, 15) is 4.79 Å². The third-order valence-electron chi connectivity index (χ3n) is 4.30. The molecule has 4 aromatic rings. The molecule has 0 bridgehead atoms. The van der Waals surface area contributed by atoms with Gasteiger partial charge in [-0.2, -0.15) is 5.10 Å². The third kappa shape index (κ3) is 4.35. The number of halogens is 2. The normalized spacial score (nSPS) is 11.1. The Morgan fingerprint density at radius 2 is 1.94 bits per heavy atom. The Hall–Kier alpha value is -3.50. The predicted octanol–water partition coefficient (Wildman–Crippen LogP) is 4.24. The number of hydrogen-bond acceptors (Lipinski definition) is 7. The van der Waals surface area contributed by atoms with E-state index < -0.39 is 6.03 Å². The Morgan fingerprint density at radius 1 is 1.13 bits per heavy atom. The third-order valence-corrected chi connectivity index (χ3v) is 4.77. The molecule has 4 heterocycles. The lowest BCUT2D eigenvalue weighted by Gasteiger charge is -2.15. The number of nitrogens with one attached hydrogen (secondary N) is 2. The Bertz CT molecular complexity index is 1290. The Labute approximate surface area is 186 Å². The van der Waals surface area contributed by atoms with Gasteiger partial charge in [-0.05, 0) is 18.1 Å². The molecule has 0 aromatic carbocycles. The number of nitrogens with zero attached hydrogens (tertiary/aromatic N) is 6. The van der Waals surface area contributed by atoms with Crippen LogP contribution in [0.2, 0.25) is 10.2 Å². The molecule has 0 atom stereocenters. The van der Waals surface area contributed by atoms with Crippen LogP contribution in [0.5, 0.6) is 0 Å². The van der Waals surface area contributed by atoms with Crippen LogP contribution in [-0.4, -0.2) is 35.6 Å². The second kappa shape index (κ2) is 8.32. The van der Waals surface area contributed by atoms with E-state index in [0.29, 0.717) is 38.6 Å². The summed E-state index contributed by atoms with van der Waals surface area (Å²) in [6.45, 7) is 3.96. The SMILES string of the molecule is CC(C)c1c(NC(=O)Nc2cnc(-c3ccnc(N)n3)c(Cl)c2)cnc2cc(Cl)nn12. The van der Waals surface area contributed by atoms with Crippen molar-refractivity contribution in [3.8, 4) is 11.4 Å². The maximum Gasteiger partial charge on any atom is 0.323 e. The molecule has 0 aliphatic carbocycles. The van der Waals surface area contributed by atoms with Crippen LogP contribution < -0.4 is 16.4 Å². The van der Waals surface area contributed by atoms with Gasteiger partial charge < -0.3 is 16.4 Å². The molecule has 0 aliphatic rings. The molecule has 10 nitrogen and oxygen atoms in total. The zero-order valence-electron chi connectivity index (χ0n) is 16.5. The number of urea groups is 1. The number of nitrogens with two attached hydrogens (primary N) is 1. The number of amides is 2. The van der Waals surface area contributed by atoms with Crippen LogP contribution >= 0.6 is 23.2 Å². The standard InChI is InChI=1S/C19H17Cl2N9O/c1-9(2)17-13(8-24-15-6-14(21)29-30(15)17)28-19(31)26-10-5-11(20)16(25-7-10)12-3-4-23-18(22)27-12/h3-9H,1-2H3,(H2,22,23,27)(H2,26,28,31). The van der Waals surface area contributed by atoms with Gasteiger partial charge in [0.1, 0.15) is 5.69 Å². The van der Waals surface area contributed by atoms with Crippen LogP contribution in [0.1, 0.15) is 25.5 Å². The molecule has 0 saturated carbocycles. The van der Waals surface area contributed by atoms with E-state index in [4.69, 9.17) is 28.9 Å². The number of carbonyl (C=O) groups excluding carboxylic acids is 1. The second-order valence-electron chi connectivity index (χ2n) is 6.88. The van der Waals surface area contributed by atoms with E-state index in [1.807, 2.05) is 13.8 Å². The molecular weight excluding hydrogens is 441 g/mol. The number of hydrogen-bond donors (Lipinski definition) is 3. The van der Waals surface area contributed by atoms with Crippen LogP contribution in [0.4, 0.5) is 22.1 Å². The fourth-order valence-electron chi connectivity index (χ4n) is 3.06. The van der Waals surface area contributed by atoms with Gasteiger partial charge in [-0.3, -0.25) is 4.98 Å². The highest BCUT2D eigenvalue weighted by Gasteiger charge is 2.17. The van der Waals surface area contributed by atoms with Crippen molar-refractivity contribution >= 4 is 52.2 Å². The van der Waals surface area contributed by atoms with E-state index in [2.05, 4.69) is 35.7 Å². The maximum atomic E-state index is 12.6. The minimum atomic E-state index is -0.488. The summed E-state index contributed by atoms with van der Waals surface area (Å²) in [5.74, 6) is 0.161. The van der Waals surface area contributed by atoms with Gasteiger partial charge in [-0.1, -0.05) is 37.0 Å². The summed E-state index contributed by atoms with van der Waals surface area (Å²) in [6, 6.07) is 4.37. The highest BCUT2D eigenvalue weighted by atomic mass is 35.5. The molecule has 0 saturated heterocycles. The highest BCUT2D eigenvalue weighted by molar-refractivity contribution is 6.33. The van der Waals surface area contributed by atoms with Crippen LogP contribution in [0.15, 0.2) is 36.8 Å². The molecule has 158 valence electrons. The summed E-state index contributed by atoms with van der Waals surface area (Å²) >= 11 is 12.3. The number of pyridine rings is 1. The van der Waals surface area contributed by atoms with Crippen molar-refractivity contribution < 1.29 is 4.79 Å². The molecular formula is C19H17Cl2N9O. The first-order chi connectivity index (χ1) is 14.8. The van der Waals surface area contributed by atoms with Crippen LogP contribution in [-0.2, 0) is 0 Å². The van der Waals surface area contributed by atoms with E-state index in [1.165, 1.54) is 12.4 Å². The quantitative estimate of drug-likeness (QED) is 0.416. The van der Waals surface area contributed by atoms with Crippen LogP contribution in [0, 0.1) is 0 Å². The molecule has 4 aromatic heterocycles. The summed E-state index contributed by atoms with van der Waals surface area (Å²) in [4.78, 5) is 29.1. The molecule has 0 aliphatic heterocycles. The monoisotopic (exact) mass is 457 g/mol. The van der Waals surface area contributed by atoms with Gasteiger partial charge in [0, 0.05) is 12.3 Å². The molecule has 4 N–H and O–H groups in total. The van der Waals surface area contributed by atoms with Gasteiger partial charge >= 0.3 is 6.03 Å². The number of rotatable bonds is 4. The molecule has 2 amide bonds. The number of fused-ring (bicyclic) bond motifs is 1. The average molecular weight is 458 g/mol. The molecule has 0 radical (unpaired) electrons. The van der Waals surface area contributed by atoms with Crippen molar-refractivity contribution in [3.63, 3.8) is 0 Å². The fraction of sp³-hybridized carbons (Fsp3) is 0.158. The number of carbonyl (C=O) groups is 1. The van der Waals surface area contributed by atoms with E-state index in [0.717, 1.165) is 5.69 Å². The molecule has 0 fully saturated rings. The lowest BCUT2D eigenvalue weighted by Crippen LogP contribution is -2.22. The number of nitrogen functional groups attached to an aromatic ring is 1. The summed E-state index contributed by atoms with van der Waals surface area (Å²) in [5, 5.41) is 10.4. The van der Waals surface area contributed by atoms with Crippen molar-refractivity contribution in [2.24, 2.45) is 0 Å². The smallest absolute Gasteiger partial charge is 0.323 e. The van der Waals surface area contributed by atoms with Gasteiger partial charge in [0.05, 0.1) is 40.2 Å². The minimum absolute atomic E-state index is 0.0486. The van der Waals surface area contributed by atoms with Crippen molar-refractivity contribution in [2.75, 3.05) is 16.4 Å². The average Bonchev–Trinajstić information content (AvgIpc) is 3.07. The Balaban J connectivity index is 1.55. The predicted molar refractivity (Wildman–Crippen MR) is 119 cm³/mol. The zero-order valence-corrected chi connectivity index (χ0v) is 18.0. The van der Waals surface area contributed by atoms with Gasteiger partial charge in [0.25, 0.3) is 0 Å². The second-order valence-corrected chi connectivity index (χ2v) is 7.68. The van der Waals surface area contributed by atoms with E-state index in [1.54, 1.807) is 28.9 Å². The molecule has 4 rings (SSSR count). The summed E-state index contributed by atoms with van der Waals surface area (Å²) < 4.78 is 1.61. The Kier molecular flexibility index (Phi) is 5.57. The first kappa shape index (κ1) is 20.8. The van der Waals surface area contributed by atoms with Crippen molar-refractivity contribution in [1.82, 2.24) is 29.5 Å². The van der Waals surface area contributed by atoms with Crippen molar-refractivity contribution in [2.45, 2.75) is 19.8 Å². The van der Waals surface area contributed by atoms with E-state index in [-0.39, 0.29) is 11.9 Å². The fourth-order valence-corrected chi connectivity index (χ4v) is 3.50. The van der Waals surface area contributed by atoms with E-state index >= 15 is 0 Å². The van der Waals surface area contributed by atoms with Crippen LogP contribution in [0.25, 0.3) is 17.0 Å². The van der Waals surface area contributed by atoms with Gasteiger partial charge in [0.2, 0.25) is 5.95 Å².